The van der Waals surface area contributed by atoms with Gasteiger partial charge in [-0.1, -0.05) is 30.3 Å². The molecule has 0 spiro atoms. The van der Waals surface area contributed by atoms with E-state index in [1.54, 1.807) is 36.5 Å². The maximum Gasteiger partial charge on any atom is 0.296 e. The predicted molar refractivity (Wildman–Crippen MR) is 126 cm³/mol. The SMILES string of the molecule is CC1=NN(Cc2nc(-c3ccccc3)c(C)s2)C(=O)/C1=N/Nc1ccc(N)c(C=N)c1. The first-order valence-electron chi connectivity index (χ1n) is 9.59. The highest BCUT2D eigenvalue weighted by Gasteiger charge is 2.30. The number of nitrogens with zero attached hydrogens (tertiary/aromatic N) is 4. The second-order valence-electron chi connectivity index (χ2n) is 6.99. The van der Waals surface area contributed by atoms with Gasteiger partial charge in [-0.2, -0.15) is 10.2 Å². The molecule has 2 heterocycles. The lowest BCUT2D eigenvalue weighted by Crippen LogP contribution is -2.27. The summed E-state index contributed by atoms with van der Waals surface area (Å²) in [6, 6.07) is 15.1. The number of nitrogens with two attached hydrogens (primary N) is 1. The average Bonchev–Trinajstić information content (AvgIpc) is 3.27. The third-order valence-electron chi connectivity index (χ3n) is 4.76. The molecule has 3 aromatic rings. The topological polar surface area (TPSA) is 120 Å². The molecule has 8 nitrogen and oxygen atoms in total. The summed E-state index contributed by atoms with van der Waals surface area (Å²) in [4.78, 5) is 18.6. The molecule has 0 unspecified atom stereocenters. The lowest BCUT2D eigenvalue weighted by molar-refractivity contribution is -0.123. The van der Waals surface area contributed by atoms with Crippen molar-refractivity contribution in [1.82, 2.24) is 9.99 Å². The summed E-state index contributed by atoms with van der Waals surface area (Å²) in [6.45, 7) is 4.05. The van der Waals surface area contributed by atoms with Gasteiger partial charge in [-0.25, -0.2) is 9.99 Å². The first-order valence-corrected chi connectivity index (χ1v) is 10.4. The summed E-state index contributed by atoms with van der Waals surface area (Å²) in [6.07, 6.45) is 1.17. The third kappa shape index (κ3) is 4.22. The van der Waals surface area contributed by atoms with Crippen LogP contribution in [-0.4, -0.2) is 33.5 Å². The van der Waals surface area contributed by atoms with Gasteiger partial charge >= 0.3 is 0 Å². The number of amides is 1. The van der Waals surface area contributed by atoms with Crippen molar-refractivity contribution in [3.63, 3.8) is 0 Å². The van der Waals surface area contributed by atoms with E-state index >= 15 is 0 Å². The van der Waals surface area contributed by atoms with Crippen molar-refractivity contribution in [3.8, 4) is 11.3 Å². The molecule has 0 radical (unpaired) electrons. The molecule has 0 fully saturated rings. The zero-order valence-electron chi connectivity index (χ0n) is 17.1. The van der Waals surface area contributed by atoms with Gasteiger partial charge in [0.2, 0.25) is 0 Å². The Labute approximate surface area is 183 Å². The van der Waals surface area contributed by atoms with Crippen molar-refractivity contribution < 1.29 is 4.79 Å². The average molecular weight is 432 g/mol. The number of rotatable bonds is 6. The number of hydrazone groups is 2. The molecule has 0 aliphatic carbocycles. The van der Waals surface area contributed by atoms with Crippen molar-refractivity contribution >= 4 is 46.3 Å². The van der Waals surface area contributed by atoms with Crippen molar-refractivity contribution in [2.45, 2.75) is 20.4 Å². The number of nitrogen functional groups attached to an aromatic ring is 1. The second-order valence-corrected chi connectivity index (χ2v) is 8.27. The maximum absolute atomic E-state index is 12.8. The van der Waals surface area contributed by atoms with E-state index in [0.717, 1.165) is 21.1 Å². The molecule has 9 heteroatoms. The minimum absolute atomic E-state index is 0.241. The molecule has 1 aromatic heterocycles. The minimum atomic E-state index is -0.290. The van der Waals surface area contributed by atoms with Gasteiger partial charge in [0, 0.05) is 27.9 Å². The lowest BCUT2D eigenvalue weighted by Gasteiger charge is -2.09. The normalized spacial score (nSPS) is 14.8. The largest absolute Gasteiger partial charge is 0.398 e. The molecule has 31 heavy (non-hydrogen) atoms. The van der Waals surface area contributed by atoms with Gasteiger partial charge in [-0.3, -0.25) is 10.2 Å². The Bertz CT molecular complexity index is 1210. The highest BCUT2D eigenvalue weighted by molar-refractivity contribution is 7.12. The van der Waals surface area contributed by atoms with E-state index in [-0.39, 0.29) is 18.2 Å². The van der Waals surface area contributed by atoms with Gasteiger partial charge < -0.3 is 11.1 Å². The summed E-state index contributed by atoms with van der Waals surface area (Å²) >= 11 is 1.55. The van der Waals surface area contributed by atoms with Crippen LogP contribution in [0.4, 0.5) is 11.4 Å². The van der Waals surface area contributed by atoms with E-state index in [1.165, 1.54) is 11.2 Å². The van der Waals surface area contributed by atoms with Crippen LogP contribution in [0, 0.1) is 12.3 Å². The van der Waals surface area contributed by atoms with Crippen molar-refractivity contribution in [2.24, 2.45) is 10.2 Å². The number of carbonyl (C=O) groups is 1. The number of benzene rings is 2. The van der Waals surface area contributed by atoms with Crippen molar-refractivity contribution in [1.29, 1.82) is 5.41 Å². The maximum atomic E-state index is 12.8. The van der Waals surface area contributed by atoms with E-state index < -0.39 is 0 Å². The molecule has 0 saturated carbocycles. The Morgan fingerprint density at radius 1 is 1.23 bits per heavy atom. The van der Waals surface area contributed by atoms with Crippen molar-refractivity contribution in [2.75, 3.05) is 11.2 Å². The van der Waals surface area contributed by atoms with Crippen LogP contribution in [0.25, 0.3) is 11.3 Å². The molecular formula is C22H21N7OS. The molecule has 156 valence electrons. The number of aryl methyl sites for hydroxylation is 1. The number of aromatic nitrogens is 1. The van der Waals surface area contributed by atoms with Gasteiger partial charge in [0.15, 0.2) is 5.71 Å². The molecule has 4 N–H and O–H groups in total. The van der Waals surface area contributed by atoms with Crippen LogP contribution >= 0.6 is 11.3 Å². The zero-order chi connectivity index (χ0) is 22.0. The minimum Gasteiger partial charge on any atom is -0.398 e. The van der Waals surface area contributed by atoms with Crippen LogP contribution in [0.2, 0.25) is 0 Å². The zero-order valence-corrected chi connectivity index (χ0v) is 17.9. The van der Waals surface area contributed by atoms with E-state index in [2.05, 4.69) is 15.6 Å². The predicted octanol–water partition coefficient (Wildman–Crippen LogP) is 3.88. The number of nitrogens with one attached hydrogen (secondary N) is 2. The Morgan fingerprint density at radius 3 is 2.74 bits per heavy atom. The van der Waals surface area contributed by atoms with E-state index in [4.69, 9.17) is 16.1 Å². The fourth-order valence-corrected chi connectivity index (χ4v) is 4.12. The fraction of sp³-hybridized carbons (Fsp3) is 0.136. The first kappa shape index (κ1) is 20.4. The molecule has 1 amide bonds. The van der Waals surface area contributed by atoms with Gasteiger partial charge in [0.25, 0.3) is 5.91 Å². The molecule has 0 atom stereocenters. The Kier molecular flexibility index (Phi) is 5.59. The molecule has 1 aliphatic heterocycles. The number of hydrogen-bond acceptors (Lipinski definition) is 8. The van der Waals surface area contributed by atoms with Crippen LogP contribution in [0.5, 0.6) is 0 Å². The third-order valence-corrected chi connectivity index (χ3v) is 5.72. The molecule has 0 bridgehead atoms. The monoisotopic (exact) mass is 431 g/mol. The van der Waals surface area contributed by atoms with Gasteiger partial charge in [0.05, 0.1) is 23.6 Å². The highest BCUT2D eigenvalue weighted by atomic mass is 32.1. The number of anilines is 2. The summed E-state index contributed by atoms with van der Waals surface area (Å²) in [7, 11) is 0. The van der Waals surface area contributed by atoms with Crippen LogP contribution in [0.3, 0.4) is 0 Å². The van der Waals surface area contributed by atoms with Gasteiger partial charge in [-0.15, -0.1) is 11.3 Å². The molecule has 2 aromatic carbocycles. The smallest absolute Gasteiger partial charge is 0.296 e. The van der Waals surface area contributed by atoms with Crippen LogP contribution in [0.1, 0.15) is 22.4 Å². The Balaban J connectivity index is 1.49. The lowest BCUT2D eigenvalue weighted by atomic mass is 10.1. The summed E-state index contributed by atoms with van der Waals surface area (Å²) in [5.74, 6) is -0.290. The second kappa shape index (κ2) is 8.49. The Hall–Kier alpha value is -3.85. The summed E-state index contributed by atoms with van der Waals surface area (Å²) < 4.78 is 0. The van der Waals surface area contributed by atoms with Gasteiger partial charge in [-0.05, 0) is 32.0 Å². The summed E-state index contributed by atoms with van der Waals surface area (Å²) in [5, 5.41) is 18.2. The fourth-order valence-electron chi connectivity index (χ4n) is 3.19. The molecule has 4 rings (SSSR count). The highest BCUT2D eigenvalue weighted by Crippen LogP contribution is 2.28. The molecular weight excluding hydrogens is 410 g/mol. The van der Waals surface area contributed by atoms with Crippen LogP contribution in [-0.2, 0) is 11.3 Å². The Morgan fingerprint density at radius 2 is 2.00 bits per heavy atom. The van der Waals surface area contributed by atoms with E-state index in [9.17, 15) is 4.79 Å². The first-order chi connectivity index (χ1) is 15.0. The van der Waals surface area contributed by atoms with Crippen LogP contribution < -0.4 is 11.2 Å². The van der Waals surface area contributed by atoms with E-state index in [0.29, 0.717) is 22.6 Å². The van der Waals surface area contributed by atoms with E-state index in [1.807, 2.05) is 37.3 Å². The molecule has 1 aliphatic rings. The van der Waals surface area contributed by atoms with Crippen LogP contribution in [0.15, 0.2) is 58.7 Å². The van der Waals surface area contributed by atoms with Crippen molar-refractivity contribution in [3.05, 3.63) is 64.0 Å². The number of thiazole rings is 1. The summed E-state index contributed by atoms with van der Waals surface area (Å²) in [5.41, 5.74) is 13.1. The quantitative estimate of drug-likeness (QED) is 0.312. The number of hydrogen-bond donors (Lipinski definition) is 3. The van der Waals surface area contributed by atoms with Gasteiger partial charge in [0.1, 0.15) is 5.01 Å². The molecule has 0 saturated heterocycles. The number of carbonyl (C=O) groups excluding carboxylic acids is 1. The standard InChI is InChI=1S/C22H21N7OS/c1-13-20(27-26-17-8-9-18(24)16(10-17)11-23)22(30)29(28-13)12-19-25-21(14(2)31-19)15-6-4-3-5-7-15/h3-11,23,26H,12,24H2,1-2H3/b23-11?,27-20+.